The molecule has 188 valence electrons. The molecule has 3 aromatic carbocycles. The smallest absolute Gasteiger partial charge is 0.263 e. The number of ether oxygens (including phenoxy) is 1. The van der Waals surface area contributed by atoms with Gasteiger partial charge in [0.25, 0.3) is 5.91 Å². The monoisotopic (exact) mass is 507 g/mol. The Bertz CT molecular complexity index is 1330. The second-order valence-corrected chi connectivity index (χ2v) is 10.5. The van der Waals surface area contributed by atoms with Gasteiger partial charge in [0, 0.05) is 13.1 Å². The van der Waals surface area contributed by atoms with Crippen molar-refractivity contribution in [3.63, 3.8) is 0 Å². The molecule has 9 heteroatoms. The summed E-state index contributed by atoms with van der Waals surface area (Å²) in [6.07, 6.45) is -0.934. The van der Waals surface area contributed by atoms with Crippen LogP contribution in [0.3, 0.4) is 0 Å². The molecule has 0 saturated carbocycles. The van der Waals surface area contributed by atoms with Gasteiger partial charge >= 0.3 is 0 Å². The maximum Gasteiger partial charge on any atom is 0.263 e. The minimum Gasteiger partial charge on any atom is -0.477 e. The van der Waals surface area contributed by atoms with Crippen molar-refractivity contribution in [3.8, 4) is 5.75 Å². The van der Waals surface area contributed by atoms with Crippen LogP contribution in [0.1, 0.15) is 18.1 Å². The number of nitrogens with zero attached hydrogens (tertiary/aromatic N) is 2. The van der Waals surface area contributed by atoms with Crippen molar-refractivity contribution in [2.24, 2.45) is 0 Å². The second kappa shape index (κ2) is 10.9. The van der Waals surface area contributed by atoms with Crippen LogP contribution in [-0.4, -0.2) is 50.3 Å². The molecule has 36 heavy (non-hydrogen) atoms. The van der Waals surface area contributed by atoms with Crippen LogP contribution in [0.4, 0.5) is 5.69 Å². The third-order valence-corrected chi connectivity index (χ3v) is 7.93. The van der Waals surface area contributed by atoms with Gasteiger partial charge in [-0.15, -0.1) is 0 Å². The van der Waals surface area contributed by atoms with Crippen molar-refractivity contribution < 1.29 is 22.7 Å². The molecular formula is C27H29N3O5S. The third kappa shape index (κ3) is 5.58. The first-order valence-electron chi connectivity index (χ1n) is 11.7. The Morgan fingerprint density at radius 1 is 1.00 bits per heavy atom. The van der Waals surface area contributed by atoms with Gasteiger partial charge in [0.2, 0.25) is 15.9 Å². The highest BCUT2D eigenvalue weighted by atomic mass is 32.2. The Morgan fingerprint density at radius 2 is 1.67 bits per heavy atom. The van der Waals surface area contributed by atoms with Gasteiger partial charge < -0.3 is 15.0 Å². The zero-order chi connectivity index (χ0) is 25.7. The quantitative estimate of drug-likeness (QED) is 0.506. The summed E-state index contributed by atoms with van der Waals surface area (Å²) in [5, 5.41) is 2.85. The predicted octanol–water partition coefficient (Wildman–Crippen LogP) is 3.12. The van der Waals surface area contributed by atoms with Gasteiger partial charge in [0.05, 0.1) is 23.7 Å². The number of fused-ring (bicyclic) bond motifs is 1. The first-order valence-corrected chi connectivity index (χ1v) is 13.2. The van der Waals surface area contributed by atoms with Gasteiger partial charge in [-0.25, -0.2) is 8.42 Å². The topological polar surface area (TPSA) is 96.0 Å². The Kier molecular flexibility index (Phi) is 7.71. The van der Waals surface area contributed by atoms with E-state index in [1.165, 1.54) is 17.0 Å². The van der Waals surface area contributed by atoms with Gasteiger partial charge in [0.1, 0.15) is 5.75 Å². The van der Waals surface area contributed by atoms with E-state index in [-0.39, 0.29) is 30.4 Å². The molecule has 1 unspecified atom stereocenters. The second-order valence-electron chi connectivity index (χ2n) is 8.53. The highest BCUT2D eigenvalue weighted by molar-refractivity contribution is 7.89. The molecule has 1 heterocycles. The molecule has 2 amide bonds. The number of carbonyl (C=O) groups is 2. The van der Waals surface area contributed by atoms with E-state index in [1.54, 1.807) is 43.3 Å². The number of anilines is 1. The molecule has 0 aromatic heterocycles. The molecule has 1 atom stereocenters. The molecular weight excluding hydrogens is 478 g/mol. The largest absolute Gasteiger partial charge is 0.477 e. The summed E-state index contributed by atoms with van der Waals surface area (Å²) in [7, 11) is -3.87. The maximum atomic E-state index is 13.4. The SMILES string of the molecule is CCN(CC(=O)N1CC(C(=O)NCc2ccccc2)Oc2ccccc21)S(=O)(=O)c1ccc(C)cc1. The molecule has 0 spiro atoms. The van der Waals surface area contributed by atoms with E-state index in [1.807, 2.05) is 37.3 Å². The average molecular weight is 508 g/mol. The lowest BCUT2D eigenvalue weighted by atomic mass is 10.1. The number of hydrogen-bond acceptors (Lipinski definition) is 5. The van der Waals surface area contributed by atoms with Crippen LogP contribution in [0.5, 0.6) is 5.75 Å². The summed E-state index contributed by atoms with van der Waals surface area (Å²) in [5.74, 6) is -0.406. The van der Waals surface area contributed by atoms with E-state index in [0.29, 0.717) is 18.0 Å². The van der Waals surface area contributed by atoms with Crippen LogP contribution in [0.15, 0.2) is 83.8 Å². The van der Waals surface area contributed by atoms with E-state index in [9.17, 15) is 18.0 Å². The molecule has 0 bridgehead atoms. The van der Waals surface area contributed by atoms with Crippen LogP contribution >= 0.6 is 0 Å². The molecule has 1 aliphatic rings. The van der Waals surface area contributed by atoms with E-state index in [0.717, 1.165) is 15.4 Å². The van der Waals surface area contributed by atoms with Crippen molar-refractivity contribution >= 4 is 27.5 Å². The fraction of sp³-hybridized carbons (Fsp3) is 0.259. The first kappa shape index (κ1) is 25.4. The van der Waals surface area contributed by atoms with Crippen LogP contribution < -0.4 is 15.0 Å². The number of sulfonamides is 1. The molecule has 0 fully saturated rings. The molecule has 8 nitrogen and oxygen atoms in total. The Balaban J connectivity index is 1.52. The molecule has 1 aliphatic heterocycles. The number of aryl methyl sites for hydroxylation is 1. The van der Waals surface area contributed by atoms with Crippen LogP contribution in [0.2, 0.25) is 0 Å². The molecule has 0 aliphatic carbocycles. The lowest BCUT2D eigenvalue weighted by Gasteiger charge is -2.35. The predicted molar refractivity (Wildman–Crippen MR) is 137 cm³/mol. The first-order chi connectivity index (χ1) is 17.3. The molecule has 0 saturated heterocycles. The minimum absolute atomic E-state index is 0.0292. The Hall–Kier alpha value is -3.69. The van der Waals surface area contributed by atoms with E-state index in [4.69, 9.17) is 4.74 Å². The van der Waals surface area contributed by atoms with E-state index in [2.05, 4.69) is 5.32 Å². The number of benzene rings is 3. The minimum atomic E-state index is -3.87. The van der Waals surface area contributed by atoms with Crippen molar-refractivity contribution in [3.05, 3.63) is 90.0 Å². The molecule has 0 radical (unpaired) electrons. The number of hydrogen-bond donors (Lipinski definition) is 1. The lowest BCUT2D eigenvalue weighted by Crippen LogP contribution is -2.53. The van der Waals surface area contributed by atoms with Crippen molar-refractivity contribution in [2.45, 2.75) is 31.4 Å². The zero-order valence-electron chi connectivity index (χ0n) is 20.3. The summed E-state index contributed by atoms with van der Waals surface area (Å²) in [6, 6.07) is 22.9. The highest BCUT2D eigenvalue weighted by Gasteiger charge is 2.35. The number of carbonyl (C=O) groups excluding carboxylic acids is 2. The van der Waals surface area contributed by atoms with Gasteiger partial charge in [-0.2, -0.15) is 4.31 Å². The number of likely N-dealkylation sites (N-methyl/N-ethyl adjacent to an activating group) is 1. The zero-order valence-corrected chi connectivity index (χ0v) is 21.1. The fourth-order valence-corrected chi connectivity index (χ4v) is 5.37. The van der Waals surface area contributed by atoms with Gasteiger partial charge in [-0.1, -0.05) is 67.1 Å². The average Bonchev–Trinajstić information content (AvgIpc) is 2.90. The number of rotatable bonds is 8. The molecule has 3 aromatic rings. The van der Waals surface area contributed by atoms with Gasteiger partial charge in [0.15, 0.2) is 6.10 Å². The number of nitrogens with one attached hydrogen (secondary N) is 1. The number of amides is 2. The molecule has 4 rings (SSSR count). The summed E-state index contributed by atoms with van der Waals surface area (Å²) < 4.78 is 33.4. The summed E-state index contributed by atoms with van der Waals surface area (Å²) >= 11 is 0. The fourth-order valence-electron chi connectivity index (χ4n) is 3.97. The summed E-state index contributed by atoms with van der Waals surface area (Å²) in [6.45, 7) is 3.62. The van der Waals surface area contributed by atoms with Crippen molar-refractivity contribution in [1.82, 2.24) is 9.62 Å². The van der Waals surface area contributed by atoms with E-state index >= 15 is 0 Å². The van der Waals surface area contributed by atoms with Gasteiger partial charge in [-0.3, -0.25) is 9.59 Å². The number of para-hydroxylation sites is 2. The third-order valence-electron chi connectivity index (χ3n) is 6.00. The summed E-state index contributed by atoms with van der Waals surface area (Å²) in [4.78, 5) is 27.9. The van der Waals surface area contributed by atoms with Crippen molar-refractivity contribution in [2.75, 3.05) is 24.5 Å². The van der Waals surface area contributed by atoms with E-state index < -0.39 is 22.0 Å². The Labute approximate surface area is 211 Å². The maximum absolute atomic E-state index is 13.4. The Morgan fingerprint density at radius 3 is 2.36 bits per heavy atom. The lowest BCUT2D eigenvalue weighted by molar-refractivity contribution is -0.128. The van der Waals surface area contributed by atoms with Crippen molar-refractivity contribution in [1.29, 1.82) is 0 Å². The highest BCUT2D eigenvalue weighted by Crippen LogP contribution is 2.33. The van der Waals surface area contributed by atoms with Crippen LogP contribution in [0.25, 0.3) is 0 Å². The normalized spacial score (nSPS) is 15.2. The van der Waals surface area contributed by atoms with Crippen LogP contribution in [0, 0.1) is 6.92 Å². The molecule has 1 N–H and O–H groups in total. The summed E-state index contributed by atoms with van der Waals surface area (Å²) in [5.41, 5.74) is 2.38. The van der Waals surface area contributed by atoms with Crippen LogP contribution in [-0.2, 0) is 26.2 Å². The standard InChI is InChI=1S/C27H29N3O5S/c1-3-29(36(33,34)22-15-13-20(2)14-16-22)19-26(31)30-18-25(35-24-12-8-7-11-23(24)30)27(32)28-17-21-9-5-4-6-10-21/h4-16,25H,3,17-19H2,1-2H3,(H,28,32). The van der Waals surface area contributed by atoms with Gasteiger partial charge in [-0.05, 0) is 36.8 Å².